The highest BCUT2D eigenvalue weighted by atomic mass is 32.2. The quantitative estimate of drug-likeness (QED) is 0.575. The standard InChI is InChI=1S/C22H18F3N5O2S/c1-3-19(22(23,24)25)29-33(31,32)15-7-8-18(27-12-15)20-17(10-26)16-9-13(2)11-28-21(16)30(20)14-5-4-6-14/h4-9,11-12,19,29H,3H2,1-2H3/t19-/m0/s1. The Hall–Kier alpha value is -3.49. The van der Waals surface area contributed by atoms with Gasteiger partial charge < -0.3 is 0 Å². The number of fused-ring (bicyclic) bond motifs is 1. The molecule has 0 unspecified atom stereocenters. The van der Waals surface area contributed by atoms with Crippen LogP contribution in [0, 0.1) is 18.3 Å². The minimum Gasteiger partial charge on any atom is -0.291 e. The predicted molar refractivity (Wildman–Crippen MR) is 116 cm³/mol. The Kier molecular flexibility index (Phi) is 5.59. The first-order valence-electron chi connectivity index (χ1n) is 9.92. The smallest absolute Gasteiger partial charge is 0.291 e. The van der Waals surface area contributed by atoms with Gasteiger partial charge in [0.1, 0.15) is 22.7 Å². The van der Waals surface area contributed by atoms with Crippen LogP contribution in [0.4, 0.5) is 13.2 Å². The summed E-state index contributed by atoms with van der Waals surface area (Å²) in [6, 6.07) is 4.33. The fourth-order valence-electron chi connectivity index (χ4n) is 3.52. The lowest BCUT2D eigenvalue weighted by Gasteiger charge is -2.20. The van der Waals surface area contributed by atoms with Crippen LogP contribution in [0.5, 0.6) is 0 Å². The molecule has 1 atom stereocenters. The summed E-state index contributed by atoms with van der Waals surface area (Å²) < 4.78 is 67.5. The second kappa shape index (κ2) is 8.13. The van der Waals surface area contributed by atoms with Gasteiger partial charge in [0.05, 0.1) is 17.0 Å². The average molecular weight is 473 g/mol. The molecule has 3 aromatic rings. The van der Waals surface area contributed by atoms with Gasteiger partial charge in [0.25, 0.3) is 0 Å². The monoisotopic (exact) mass is 473 g/mol. The number of nitrogens with one attached hydrogen (secondary N) is 1. The molecule has 7 nitrogen and oxygen atoms in total. The van der Waals surface area contributed by atoms with Crippen molar-refractivity contribution in [2.45, 2.75) is 37.4 Å². The molecule has 11 heteroatoms. The maximum atomic E-state index is 13.0. The van der Waals surface area contributed by atoms with E-state index in [2.05, 4.69) is 16.0 Å². The van der Waals surface area contributed by atoms with E-state index in [1.807, 2.05) is 31.2 Å². The Labute approximate surface area is 187 Å². The first-order chi connectivity index (χ1) is 15.6. The van der Waals surface area contributed by atoms with Gasteiger partial charge in [0.15, 0.2) is 0 Å². The summed E-state index contributed by atoms with van der Waals surface area (Å²) in [4.78, 5) is 8.23. The summed E-state index contributed by atoms with van der Waals surface area (Å²) in [6.45, 7) is 3.09. The van der Waals surface area contributed by atoms with Crippen molar-refractivity contribution in [1.29, 1.82) is 5.26 Å². The number of aryl methyl sites for hydroxylation is 1. The number of pyridine rings is 2. The van der Waals surface area contributed by atoms with E-state index >= 15 is 0 Å². The molecule has 0 aromatic carbocycles. The first-order valence-corrected chi connectivity index (χ1v) is 11.4. The van der Waals surface area contributed by atoms with Crippen LogP contribution in [0.1, 0.15) is 24.5 Å². The van der Waals surface area contributed by atoms with Crippen molar-refractivity contribution < 1.29 is 21.6 Å². The Morgan fingerprint density at radius 1 is 1.24 bits per heavy atom. The highest BCUT2D eigenvalue weighted by Gasteiger charge is 2.41. The van der Waals surface area contributed by atoms with Crippen molar-refractivity contribution in [2.24, 2.45) is 0 Å². The highest BCUT2D eigenvalue weighted by Crippen LogP contribution is 2.36. The summed E-state index contributed by atoms with van der Waals surface area (Å²) in [5, 5.41) is 10.5. The van der Waals surface area contributed by atoms with Gasteiger partial charge in [-0.3, -0.25) is 9.55 Å². The van der Waals surface area contributed by atoms with Gasteiger partial charge in [-0.2, -0.15) is 23.2 Å². The normalized spacial score (nSPS) is 14.6. The first kappa shape index (κ1) is 22.7. The third-order valence-electron chi connectivity index (χ3n) is 5.24. The number of rotatable bonds is 6. The van der Waals surface area contributed by atoms with Crippen LogP contribution < -0.4 is 4.72 Å². The average Bonchev–Trinajstić information content (AvgIpc) is 3.03. The van der Waals surface area contributed by atoms with Crippen LogP contribution in [0.3, 0.4) is 0 Å². The number of halogens is 3. The van der Waals surface area contributed by atoms with E-state index < -0.39 is 33.6 Å². The van der Waals surface area contributed by atoms with Crippen molar-refractivity contribution in [3.05, 3.63) is 59.9 Å². The zero-order valence-corrected chi connectivity index (χ0v) is 18.4. The molecule has 1 N–H and O–H groups in total. The van der Waals surface area contributed by atoms with Gasteiger partial charge in [-0.05, 0) is 49.3 Å². The molecule has 170 valence electrons. The van der Waals surface area contributed by atoms with Crippen molar-refractivity contribution in [2.75, 3.05) is 0 Å². The number of nitrogens with zero attached hydrogens (tertiary/aromatic N) is 4. The lowest BCUT2D eigenvalue weighted by molar-refractivity contribution is -0.151. The molecule has 0 saturated carbocycles. The predicted octanol–water partition coefficient (Wildman–Crippen LogP) is 4.31. The molecule has 4 rings (SSSR count). The number of sulfonamides is 1. The van der Waals surface area contributed by atoms with Gasteiger partial charge in [0, 0.05) is 23.5 Å². The summed E-state index contributed by atoms with van der Waals surface area (Å²) in [5.41, 5.74) is 3.18. The van der Waals surface area contributed by atoms with Crippen LogP contribution in [0.2, 0.25) is 0 Å². The van der Waals surface area contributed by atoms with Gasteiger partial charge in [-0.15, -0.1) is 0 Å². The number of allylic oxidation sites excluding steroid dienone is 4. The van der Waals surface area contributed by atoms with E-state index in [1.54, 1.807) is 15.5 Å². The van der Waals surface area contributed by atoms with Gasteiger partial charge in [-0.1, -0.05) is 13.0 Å². The second-order valence-corrected chi connectivity index (χ2v) is 9.22. The minimum absolute atomic E-state index is 0.283. The maximum Gasteiger partial charge on any atom is 0.404 e. The molecule has 33 heavy (non-hydrogen) atoms. The summed E-state index contributed by atoms with van der Waals surface area (Å²) in [5.74, 6) is 0. The summed E-state index contributed by atoms with van der Waals surface area (Å²) in [6.07, 6.45) is 2.97. The van der Waals surface area contributed by atoms with Gasteiger partial charge >= 0.3 is 6.18 Å². The third kappa shape index (κ3) is 4.03. The molecule has 0 radical (unpaired) electrons. The molecule has 0 bridgehead atoms. The lowest BCUT2D eigenvalue weighted by atomic mass is 10.1. The number of aromatic nitrogens is 3. The second-order valence-electron chi connectivity index (χ2n) is 7.51. The van der Waals surface area contributed by atoms with E-state index in [1.165, 1.54) is 19.1 Å². The number of hydrogen-bond acceptors (Lipinski definition) is 5. The zero-order chi connectivity index (χ0) is 24.0. The maximum absolute atomic E-state index is 13.0. The number of nitriles is 1. The molecule has 0 aliphatic heterocycles. The lowest BCUT2D eigenvalue weighted by Crippen LogP contribution is -2.44. The van der Waals surface area contributed by atoms with E-state index in [9.17, 15) is 26.9 Å². The van der Waals surface area contributed by atoms with E-state index in [-0.39, 0.29) is 5.69 Å². The fourth-order valence-corrected chi connectivity index (χ4v) is 4.77. The molecule has 0 saturated heterocycles. The van der Waals surface area contributed by atoms with Crippen molar-refractivity contribution in [3.63, 3.8) is 0 Å². The Morgan fingerprint density at radius 3 is 2.48 bits per heavy atom. The summed E-state index contributed by atoms with van der Waals surface area (Å²) in [7, 11) is -4.46. The Balaban J connectivity index is 1.80. The molecule has 3 aromatic heterocycles. The van der Waals surface area contributed by atoms with Crippen molar-refractivity contribution in [1.82, 2.24) is 19.3 Å². The Bertz CT molecular complexity index is 1450. The highest BCUT2D eigenvalue weighted by molar-refractivity contribution is 7.89. The SMILES string of the molecule is CC[C@H](NS(=O)(=O)c1ccc(-c2c(C#N)c3cc(C)cnc3n2C2=CC=C2)nc1)C(F)(F)F. The van der Waals surface area contributed by atoms with Crippen LogP contribution in [0.25, 0.3) is 28.1 Å². The van der Waals surface area contributed by atoms with Crippen LogP contribution in [-0.4, -0.2) is 35.2 Å². The Morgan fingerprint density at radius 2 is 1.97 bits per heavy atom. The van der Waals surface area contributed by atoms with Crippen LogP contribution >= 0.6 is 0 Å². The molecular formula is C22H18F3N5O2S. The minimum atomic E-state index is -4.72. The molecule has 0 amide bonds. The number of alkyl halides is 3. The molecule has 0 spiro atoms. The fraction of sp³-hybridized carbons (Fsp3) is 0.227. The van der Waals surface area contributed by atoms with E-state index in [4.69, 9.17) is 0 Å². The topological polar surface area (TPSA) is 101 Å². The molecule has 3 heterocycles. The molecule has 1 aliphatic rings. The molecular weight excluding hydrogens is 455 g/mol. The third-order valence-corrected chi connectivity index (χ3v) is 6.70. The van der Waals surface area contributed by atoms with E-state index in [0.29, 0.717) is 22.3 Å². The molecule has 0 fully saturated rings. The van der Waals surface area contributed by atoms with Crippen LogP contribution in [-0.2, 0) is 10.0 Å². The number of hydrogen-bond donors (Lipinski definition) is 1. The van der Waals surface area contributed by atoms with Crippen molar-refractivity contribution >= 4 is 26.8 Å². The van der Waals surface area contributed by atoms with E-state index in [0.717, 1.165) is 17.5 Å². The van der Waals surface area contributed by atoms with Gasteiger partial charge in [-0.25, -0.2) is 13.4 Å². The van der Waals surface area contributed by atoms with Crippen molar-refractivity contribution in [3.8, 4) is 17.5 Å². The van der Waals surface area contributed by atoms with Crippen LogP contribution in [0.15, 0.2) is 53.7 Å². The zero-order valence-electron chi connectivity index (χ0n) is 17.6. The summed E-state index contributed by atoms with van der Waals surface area (Å²) >= 11 is 0. The molecule has 1 aliphatic carbocycles. The largest absolute Gasteiger partial charge is 0.404 e. The van der Waals surface area contributed by atoms with Gasteiger partial charge in [0.2, 0.25) is 10.0 Å².